The number of halogens is 1. The first-order valence-electron chi connectivity index (χ1n) is 9.25. The number of rotatable bonds is 4. The van der Waals surface area contributed by atoms with Gasteiger partial charge in [-0.2, -0.15) is 0 Å². The van der Waals surface area contributed by atoms with Crippen LogP contribution in [0.15, 0.2) is 42.7 Å². The van der Waals surface area contributed by atoms with Crippen molar-refractivity contribution in [3.63, 3.8) is 0 Å². The summed E-state index contributed by atoms with van der Waals surface area (Å²) in [6.07, 6.45) is 3.89. The lowest BCUT2D eigenvalue weighted by Crippen LogP contribution is -2.40. The summed E-state index contributed by atoms with van der Waals surface area (Å²) in [7, 11) is 0. The molecule has 1 aliphatic heterocycles. The SMILES string of the molecule is O=C(O)c1cnc(Cl)c2cnc(C3CCCN(C(=O)OCc4ccccc4)C3)n12. The molecule has 1 fully saturated rings. The molecule has 0 saturated carbocycles. The second-order valence-corrected chi connectivity index (χ2v) is 7.26. The first-order chi connectivity index (χ1) is 14.0. The van der Waals surface area contributed by atoms with E-state index in [1.807, 2.05) is 30.3 Å². The maximum Gasteiger partial charge on any atom is 0.410 e. The summed E-state index contributed by atoms with van der Waals surface area (Å²) >= 11 is 6.12. The summed E-state index contributed by atoms with van der Waals surface area (Å²) in [5.74, 6) is -0.692. The highest BCUT2D eigenvalue weighted by molar-refractivity contribution is 6.32. The zero-order chi connectivity index (χ0) is 20.4. The average molecular weight is 415 g/mol. The van der Waals surface area contributed by atoms with E-state index in [9.17, 15) is 14.7 Å². The zero-order valence-corrected chi connectivity index (χ0v) is 16.2. The van der Waals surface area contributed by atoms with Crippen LogP contribution in [0, 0.1) is 0 Å². The lowest BCUT2D eigenvalue weighted by atomic mass is 9.97. The minimum atomic E-state index is -1.12. The van der Waals surface area contributed by atoms with Gasteiger partial charge in [-0.05, 0) is 18.4 Å². The summed E-state index contributed by atoms with van der Waals surface area (Å²) in [6.45, 7) is 1.19. The van der Waals surface area contributed by atoms with Gasteiger partial charge in [-0.25, -0.2) is 19.6 Å². The van der Waals surface area contributed by atoms with Crippen LogP contribution in [0.2, 0.25) is 5.15 Å². The lowest BCUT2D eigenvalue weighted by molar-refractivity contribution is 0.0685. The molecular weight excluding hydrogens is 396 g/mol. The molecule has 0 aliphatic carbocycles. The smallest absolute Gasteiger partial charge is 0.410 e. The fourth-order valence-corrected chi connectivity index (χ4v) is 3.79. The number of carboxylic acid groups (broad SMARTS) is 1. The van der Waals surface area contributed by atoms with E-state index in [2.05, 4.69) is 9.97 Å². The van der Waals surface area contributed by atoms with Crippen molar-refractivity contribution in [3.8, 4) is 0 Å². The molecule has 9 heteroatoms. The molecule has 0 radical (unpaired) electrons. The Kier molecular flexibility index (Phi) is 5.35. The van der Waals surface area contributed by atoms with E-state index in [4.69, 9.17) is 16.3 Å². The molecule has 2 aromatic heterocycles. The van der Waals surface area contributed by atoms with E-state index in [1.54, 1.807) is 4.90 Å². The number of likely N-dealkylation sites (tertiary alicyclic amines) is 1. The first kappa shape index (κ1) is 19.2. The normalized spacial score (nSPS) is 16.7. The van der Waals surface area contributed by atoms with Crippen LogP contribution in [0.4, 0.5) is 4.79 Å². The third-order valence-corrected chi connectivity index (χ3v) is 5.30. The summed E-state index contributed by atoms with van der Waals surface area (Å²) in [5.41, 5.74) is 1.34. The van der Waals surface area contributed by atoms with E-state index in [-0.39, 0.29) is 23.4 Å². The number of benzene rings is 1. The van der Waals surface area contributed by atoms with E-state index in [0.29, 0.717) is 24.4 Å². The topological polar surface area (TPSA) is 97.0 Å². The van der Waals surface area contributed by atoms with Crippen molar-refractivity contribution in [2.45, 2.75) is 25.4 Å². The number of nitrogens with zero attached hydrogens (tertiary/aromatic N) is 4. The number of piperidine rings is 1. The third-order valence-electron chi connectivity index (χ3n) is 5.01. The van der Waals surface area contributed by atoms with E-state index < -0.39 is 12.1 Å². The Hall–Kier alpha value is -3.13. The van der Waals surface area contributed by atoms with Crippen molar-refractivity contribution < 1.29 is 19.4 Å². The Morgan fingerprint density at radius 2 is 2.00 bits per heavy atom. The predicted molar refractivity (Wildman–Crippen MR) is 105 cm³/mol. The molecule has 0 spiro atoms. The number of aromatic nitrogens is 3. The van der Waals surface area contributed by atoms with Gasteiger partial charge in [0, 0.05) is 19.0 Å². The average Bonchev–Trinajstić information content (AvgIpc) is 3.19. The Morgan fingerprint density at radius 3 is 2.76 bits per heavy atom. The molecule has 1 aliphatic rings. The summed E-state index contributed by atoms with van der Waals surface area (Å²) in [4.78, 5) is 34.1. The highest BCUT2D eigenvalue weighted by atomic mass is 35.5. The van der Waals surface area contributed by atoms with Crippen molar-refractivity contribution in [1.82, 2.24) is 19.3 Å². The molecule has 3 aromatic rings. The zero-order valence-electron chi connectivity index (χ0n) is 15.5. The van der Waals surface area contributed by atoms with Crippen LogP contribution < -0.4 is 0 Å². The molecule has 29 heavy (non-hydrogen) atoms. The van der Waals surface area contributed by atoms with Gasteiger partial charge in [0.1, 0.15) is 17.9 Å². The van der Waals surface area contributed by atoms with Crippen molar-refractivity contribution in [2.24, 2.45) is 0 Å². The van der Waals surface area contributed by atoms with Crippen LogP contribution >= 0.6 is 11.6 Å². The van der Waals surface area contributed by atoms with Crippen LogP contribution in [-0.2, 0) is 11.3 Å². The number of ether oxygens (including phenoxy) is 1. The minimum absolute atomic E-state index is 0.0133. The molecule has 1 atom stereocenters. The molecule has 3 heterocycles. The molecule has 0 bridgehead atoms. The fourth-order valence-electron chi connectivity index (χ4n) is 3.61. The highest BCUT2D eigenvalue weighted by Gasteiger charge is 2.30. The first-order valence-corrected chi connectivity index (χ1v) is 9.63. The molecule has 1 N–H and O–H groups in total. The number of hydrogen-bond donors (Lipinski definition) is 1. The van der Waals surface area contributed by atoms with Crippen LogP contribution in [0.1, 0.15) is 40.6 Å². The lowest BCUT2D eigenvalue weighted by Gasteiger charge is -2.31. The number of carbonyl (C=O) groups is 2. The van der Waals surface area contributed by atoms with Gasteiger partial charge in [0.05, 0.1) is 12.4 Å². The molecule has 8 nitrogen and oxygen atoms in total. The monoisotopic (exact) mass is 414 g/mol. The van der Waals surface area contributed by atoms with E-state index in [0.717, 1.165) is 18.4 Å². The number of imidazole rings is 1. The Bertz CT molecular complexity index is 1050. The predicted octanol–water partition coefficient (Wildman–Crippen LogP) is 3.60. The second-order valence-electron chi connectivity index (χ2n) is 6.90. The van der Waals surface area contributed by atoms with E-state index >= 15 is 0 Å². The number of aromatic carboxylic acids is 1. The molecule has 1 aromatic carbocycles. The molecule has 1 amide bonds. The van der Waals surface area contributed by atoms with Crippen molar-refractivity contribution >= 4 is 29.2 Å². The second kappa shape index (κ2) is 8.08. The Balaban J connectivity index is 1.53. The van der Waals surface area contributed by atoms with Gasteiger partial charge in [0.15, 0.2) is 10.8 Å². The van der Waals surface area contributed by atoms with Crippen molar-refractivity contribution in [2.75, 3.05) is 13.1 Å². The highest BCUT2D eigenvalue weighted by Crippen LogP contribution is 2.29. The Labute approximate surface area is 171 Å². The van der Waals surface area contributed by atoms with Gasteiger partial charge >= 0.3 is 12.1 Å². The van der Waals surface area contributed by atoms with Gasteiger partial charge in [-0.15, -0.1) is 0 Å². The minimum Gasteiger partial charge on any atom is -0.477 e. The summed E-state index contributed by atoms with van der Waals surface area (Å²) in [6, 6.07) is 9.48. The number of hydrogen-bond acceptors (Lipinski definition) is 5. The summed E-state index contributed by atoms with van der Waals surface area (Å²) < 4.78 is 6.95. The van der Waals surface area contributed by atoms with Gasteiger partial charge in [0.2, 0.25) is 0 Å². The van der Waals surface area contributed by atoms with Crippen LogP contribution in [0.25, 0.3) is 5.52 Å². The van der Waals surface area contributed by atoms with Gasteiger partial charge in [-0.3, -0.25) is 4.40 Å². The van der Waals surface area contributed by atoms with Gasteiger partial charge in [-0.1, -0.05) is 41.9 Å². The number of fused-ring (bicyclic) bond motifs is 1. The fraction of sp³-hybridized carbons (Fsp3) is 0.300. The van der Waals surface area contributed by atoms with Crippen molar-refractivity contribution in [1.29, 1.82) is 0 Å². The van der Waals surface area contributed by atoms with Crippen LogP contribution in [0.3, 0.4) is 0 Å². The number of amides is 1. The number of carbonyl (C=O) groups excluding carboxylic acids is 1. The maximum absolute atomic E-state index is 12.5. The van der Waals surface area contributed by atoms with Gasteiger partial charge in [0.25, 0.3) is 0 Å². The number of carboxylic acids is 1. The standard InChI is InChI=1S/C20H19ClN4O4/c21-17-15-9-23-18(25(15)16(10-22-17)19(26)27)14-7-4-8-24(11-14)20(28)29-12-13-5-2-1-3-6-13/h1-3,5-6,9-10,14H,4,7-8,11-12H2,(H,26,27). The molecule has 1 saturated heterocycles. The van der Waals surface area contributed by atoms with Crippen LogP contribution in [0.5, 0.6) is 0 Å². The maximum atomic E-state index is 12.5. The molecule has 1 unspecified atom stereocenters. The molecule has 4 rings (SSSR count). The molecular formula is C20H19ClN4O4. The van der Waals surface area contributed by atoms with Crippen LogP contribution in [-0.4, -0.2) is 49.5 Å². The van der Waals surface area contributed by atoms with E-state index in [1.165, 1.54) is 16.8 Å². The quantitative estimate of drug-likeness (QED) is 0.700. The van der Waals surface area contributed by atoms with Gasteiger partial charge < -0.3 is 14.7 Å². The largest absolute Gasteiger partial charge is 0.477 e. The van der Waals surface area contributed by atoms with Crippen molar-refractivity contribution in [3.05, 3.63) is 65.0 Å². The third kappa shape index (κ3) is 3.88. The summed E-state index contributed by atoms with van der Waals surface area (Å²) in [5, 5.41) is 9.70. The molecule has 150 valence electrons. The Morgan fingerprint density at radius 1 is 1.21 bits per heavy atom.